The molecule has 0 radical (unpaired) electrons. The van der Waals surface area contributed by atoms with E-state index >= 15 is 0 Å². The molecule has 0 aliphatic heterocycles. The monoisotopic (exact) mass is 644 g/mol. The largest absolute Gasteiger partial charge is 0.147 e. The molecule has 38 heavy (non-hydrogen) atoms. The molecule has 1 aliphatic carbocycles. The Labute approximate surface area is 261 Å². The van der Waals surface area contributed by atoms with Crippen LogP contribution < -0.4 is 0 Å². The van der Waals surface area contributed by atoms with E-state index in [0.29, 0.717) is 5.92 Å². The number of allylic oxidation sites excluding steroid dienone is 4. The average Bonchev–Trinajstić information content (AvgIpc) is 3.29. The van der Waals surface area contributed by atoms with E-state index in [-0.39, 0.29) is 41.1 Å². The number of halogens is 2. The van der Waals surface area contributed by atoms with Crippen molar-refractivity contribution in [1.82, 2.24) is 0 Å². The van der Waals surface area contributed by atoms with Gasteiger partial charge in [-0.15, -0.1) is 78.4 Å². The van der Waals surface area contributed by atoms with Crippen LogP contribution in [0.25, 0.3) is 21.9 Å². The van der Waals surface area contributed by atoms with Crippen molar-refractivity contribution >= 4 is 41.0 Å². The van der Waals surface area contributed by atoms with Crippen molar-refractivity contribution in [2.24, 2.45) is 5.92 Å². The Kier molecular flexibility index (Phi) is 15.0. The van der Waals surface area contributed by atoms with Gasteiger partial charge < -0.3 is 0 Å². The summed E-state index contributed by atoms with van der Waals surface area (Å²) >= 11 is 1.74. The molecule has 206 valence electrons. The summed E-state index contributed by atoms with van der Waals surface area (Å²) in [5.41, 5.74) is 10.3. The molecule has 0 saturated carbocycles. The molecule has 0 spiro atoms. The van der Waals surface area contributed by atoms with Gasteiger partial charge in [-0.1, -0.05) is 98.1 Å². The minimum absolute atomic E-state index is 0. The third kappa shape index (κ3) is 10.3. The van der Waals surface area contributed by atoms with Crippen LogP contribution in [0, 0.1) is 12.0 Å². The number of rotatable bonds is 1. The van der Waals surface area contributed by atoms with E-state index in [1.807, 2.05) is 0 Å². The Morgan fingerprint density at radius 3 is 1.68 bits per heavy atom. The van der Waals surface area contributed by atoms with Crippen molar-refractivity contribution in [3.8, 4) is 11.1 Å². The molecule has 3 aromatic rings. The average molecular weight is 647 g/mol. The predicted molar refractivity (Wildman–Crippen MR) is 174 cm³/mol. The first kappa shape index (κ1) is 37.2. The molecule has 0 fully saturated rings. The van der Waals surface area contributed by atoms with Crippen molar-refractivity contribution in [2.75, 3.05) is 0 Å². The molecule has 4 heteroatoms. The minimum Gasteiger partial charge on any atom is -0.147 e. The number of fused-ring (bicyclic) bond motifs is 1. The molecular weight excluding hydrogens is 599 g/mol. The van der Waals surface area contributed by atoms with Gasteiger partial charge in [-0.25, -0.2) is 5.57 Å². The van der Waals surface area contributed by atoms with Crippen LogP contribution in [0.15, 0.2) is 71.3 Å². The van der Waals surface area contributed by atoms with Crippen LogP contribution in [0.5, 0.6) is 0 Å². The first-order valence-electron chi connectivity index (χ1n) is 13.1. The van der Waals surface area contributed by atoms with Crippen molar-refractivity contribution in [1.29, 1.82) is 0 Å². The van der Waals surface area contributed by atoms with Crippen LogP contribution >= 0.6 is 24.8 Å². The summed E-state index contributed by atoms with van der Waals surface area (Å²) in [7, 11) is 0. The van der Waals surface area contributed by atoms with E-state index in [0.717, 1.165) is 0 Å². The molecule has 0 aromatic heterocycles. The van der Waals surface area contributed by atoms with Gasteiger partial charge in [0.1, 0.15) is 0 Å². The quantitative estimate of drug-likeness (QED) is 0.182. The van der Waals surface area contributed by atoms with Crippen LogP contribution in [-0.2, 0) is 34.2 Å². The van der Waals surface area contributed by atoms with Crippen molar-refractivity contribution < 1.29 is 23.3 Å². The molecule has 0 amide bonds. The summed E-state index contributed by atoms with van der Waals surface area (Å²) in [6.07, 6.45) is 3.36. The molecule has 1 atom stereocenters. The van der Waals surface area contributed by atoms with Gasteiger partial charge in [0.25, 0.3) is 0 Å². The van der Waals surface area contributed by atoms with E-state index in [1.54, 1.807) is 23.3 Å². The van der Waals surface area contributed by atoms with Crippen LogP contribution in [0.2, 0.25) is 13.1 Å². The molecule has 0 nitrogen and oxygen atoms in total. The third-order valence-electron chi connectivity index (χ3n) is 6.89. The van der Waals surface area contributed by atoms with Gasteiger partial charge in [-0.3, -0.25) is 6.08 Å². The molecule has 1 unspecified atom stereocenters. The van der Waals surface area contributed by atoms with Crippen LogP contribution in [0.4, 0.5) is 0 Å². The summed E-state index contributed by atoms with van der Waals surface area (Å²) in [5.74, 6) is 0.560. The van der Waals surface area contributed by atoms with Gasteiger partial charge in [-0.05, 0) is 22.0 Å². The maximum atomic E-state index is 3.36. The summed E-state index contributed by atoms with van der Waals surface area (Å²) in [6.45, 7) is 27.0. The van der Waals surface area contributed by atoms with E-state index < -0.39 is 0 Å². The second-order valence-electron chi connectivity index (χ2n) is 12.4. The van der Waals surface area contributed by atoms with Crippen molar-refractivity contribution in [3.05, 3.63) is 88.5 Å². The number of benzene rings is 2. The second-order valence-corrected chi connectivity index (χ2v) is 21.8. The molecule has 1 aliphatic rings. The van der Waals surface area contributed by atoms with Gasteiger partial charge in [-0.2, -0.15) is 11.1 Å². The molecule has 3 aromatic carbocycles. The zero-order valence-electron chi connectivity index (χ0n) is 25.6. The van der Waals surface area contributed by atoms with Crippen LogP contribution in [-0.4, -0.2) is 5.43 Å². The van der Waals surface area contributed by atoms with Crippen molar-refractivity contribution in [2.45, 2.75) is 93.2 Å². The zero-order valence-corrected chi connectivity index (χ0v) is 30.7. The predicted octanol–water partition coefficient (Wildman–Crippen LogP) is 11.2. The van der Waals surface area contributed by atoms with Crippen LogP contribution in [0.1, 0.15) is 80.4 Å². The SMILES string of the molecule is CC(C)(C)c1cc(-c2c[cH-]c3ccccc23)cc(C(C)(C)C)c1.CC1=[C-]C(C)C(C)=C1C.C[Si](C)=[Zr+2].Cl.Cl. The molecular formula is C34H48Cl2SiZr. The fourth-order valence-corrected chi connectivity index (χ4v) is 4.21. The Morgan fingerprint density at radius 2 is 1.32 bits per heavy atom. The summed E-state index contributed by atoms with van der Waals surface area (Å²) < 4.78 is 0. The van der Waals surface area contributed by atoms with E-state index in [4.69, 9.17) is 0 Å². The molecule has 4 rings (SSSR count). The summed E-state index contributed by atoms with van der Waals surface area (Å²) in [6, 6.07) is 20.3. The zero-order chi connectivity index (χ0) is 27.4. The smallest absolute Gasteiger partial charge is 0.147 e. The van der Waals surface area contributed by atoms with Gasteiger partial charge in [0.15, 0.2) is 0 Å². The van der Waals surface area contributed by atoms with E-state index in [9.17, 15) is 0 Å². The fourth-order valence-electron chi connectivity index (χ4n) is 4.21. The first-order valence-corrected chi connectivity index (χ1v) is 19.3. The molecule has 0 saturated heterocycles. The van der Waals surface area contributed by atoms with Gasteiger partial charge in [0.05, 0.1) is 0 Å². The third-order valence-corrected chi connectivity index (χ3v) is 6.89. The van der Waals surface area contributed by atoms with Crippen LogP contribution in [0.3, 0.4) is 0 Å². The Bertz CT molecular complexity index is 1240. The Balaban J connectivity index is 0.000000764. The number of hydrogen-bond acceptors (Lipinski definition) is 0. The second kappa shape index (κ2) is 15.3. The summed E-state index contributed by atoms with van der Waals surface area (Å²) in [5, 5.41) is 2.67. The topological polar surface area (TPSA) is 0 Å². The molecule has 0 N–H and O–H groups in total. The maximum absolute atomic E-state index is 3.36. The fraction of sp³-hybridized carbons (Fsp3) is 0.441. The van der Waals surface area contributed by atoms with E-state index in [1.165, 1.54) is 49.7 Å². The molecule has 0 heterocycles. The van der Waals surface area contributed by atoms with Gasteiger partial charge >= 0.3 is 41.9 Å². The Morgan fingerprint density at radius 1 is 0.842 bits per heavy atom. The Hall–Kier alpha value is -0.790. The number of hydrogen-bond donors (Lipinski definition) is 0. The standard InChI is InChI=1S/C23H27.C9H13.C2H6Si.2ClH.Zr/c1-22(2,3)18-13-17(14-19(15-18)23(4,5)6)21-12-11-16-9-7-8-10-20(16)21;1-6-5-7(2)9(4)8(6)3;1-3-2;;;/h7-15H,1-6H3;6H,1-4H3;1-2H3;2*1H;/q2*-1;;;;+2. The normalized spacial score (nSPS) is 14.9. The van der Waals surface area contributed by atoms with Crippen molar-refractivity contribution in [3.63, 3.8) is 0 Å². The van der Waals surface area contributed by atoms with Gasteiger partial charge in [0, 0.05) is 0 Å². The summed E-state index contributed by atoms with van der Waals surface area (Å²) in [4.78, 5) is 0. The van der Waals surface area contributed by atoms with Gasteiger partial charge in [0.2, 0.25) is 0 Å². The van der Waals surface area contributed by atoms with E-state index in [2.05, 4.69) is 143 Å². The molecule has 0 bridgehead atoms. The maximum Gasteiger partial charge on any atom is -0.147 e. The minimum atomic E-state index is 0. The first-order chi connectivity index (χ1) is 16.5.